The van der Waals surface area contributed by atoms with Crippen LogP contribution >= 0.6 is 0 Å². The van der Waals surface area contributed by atoms with Crippen LogP contribution in [0.15, 0.2) is 18.2 Å². The third-order valence-electron chi connectivity index (χ3n) is 2.01. The van der Waals surface area contributed by atoms with Gasteiger partial charge in [0.1, 0.15) is 0 Å². The van der Waals surface area contributed by atoms with Crippen LogP contribution in [0.4, 0.5) is 0 Å². The van der Waals surface area contributed by atoms with E-state index in [1.54, 1.807) is 6.07 Å². The summed E-state index contributed by atoms with van der Waals surface area (Å²) >= 11 is 0. The number of phenols is 1. The van der Waals surface area contributed by atoms with Crippen molar-refractivity contribution in [3.8, 4) is 11.5 Å². The lowest BCUT2D eigenvalue weighted by molar-refractivity contribution is -0.158. The molecular weight excluding hydrogens is 184 g/mol. The van der Waals surface area contributed by atoms with Crippen molar-refractivity contribution in [2.24, 2.45) is 0 Å². The van der Waals surface area contributed by atoms with Crippen molar-refractivity contribution in [1.29, 1.82) is 0 Å². The monoisotopic (exact) mass is 194 g/mol. The maximum absolute atomic E-state index is 10.7. The van der Waals surface area contributed by atoms with Crippen LogP contribution < -0.4 is 4.74 Å². The molecule has 1 aromatic rings. The largest absolute Gasteiger partial charge is 0.504 e. The molecule has 0 bridgehead atoms. The first-order chi connectivity index (χ1) is 6.66. The van der Waals surface area contributed by atoms with Gasteiger partial charge >= 0.3 is 5.97 Å². The van der Waals surface area contributed by atoms with Crippen molar-refractivity contribution in [1.82, 2.24) is 0 Å². The van der Waals surface area contributed by atoms with Crippen LogP contribution in [0.3, 0.4) is 0 Å². The number of aromatic hydroxyl groups is 1. The Morgan fingerprint density at radius 3 is 3.07 bits per heavy atom. The third kappa shape index (κ3) is 1.51. The molecule has 0 saturated heterocycles. The van der Waals surface area contributed by atoms with E-state index in [0.717, 1.165) is 5.56 Å². The smallest absolute Gasteiger partial charge is 0.305 e. The molecular formula is C10H10O4. The zero-order valence-electron chi connectivity index (χ0n) is 7.69. The van der Waals surface area contributed by atoms with Crippen molar-refractivity contribution in [3.05, 3.63) is 23.8 Å². The van der Waals surface area contributed by atoms with Crippen LogP contribution in [-0.2, 0) is 16.0 Å². The lowest BCUT2D eigenvalue weighted by Gasteiger charge is -2.09. The molecule has 0 spiro atoms. The van der Waals surface area contributed by atoms with E-state index in [-0.39, 0.29) is 11.7 Å². The van der Waals surface area contributed by atoms with E-state index in [9.17, 15) is 9.90 Å². The number of carbonyl (C=O) groups excluding carboxylic acids is 1. The van der Waals surface area contributed by atoms with Crippen LogP contribution in [0.2, 0.25) is 0 Å². The van der Waals surface area contributed by atoms with Gasteiger partial charge in [-0.25, -0.2) is 0 Å². The van der Waals surface area contributed by atoms with E-state index in [1.807, 2.05) is 6.07 Å². The molecule has 1 aromatic carbocycles. The van der Waals surface area contributed by atoms with Gasteiger partial charge < -0.3 is 14.6 Å². The van der Waals surface area contributed by atoms with Gasteiger partial charge in [-0.1, -0.05) is 12.1 Å². The summed E-state index contributed by atoms with van der Waals surface area (Å²) in [5, 5.41) is 9.42. The minimum absolute atomic E-state index is 0.0807. The van der Waals surface area contributed by atoms with E-state index in [4.69, 9.17) is 9.47 Å². The number of esters is 1. The van der Waals surface area contributed by atoms with Crippen molar-refractivity contribution in [2.75, 3.05) is 0 Å². The Kier molecular flexibility index (Phi) is 2.04. The highest BCUT2D eigenvalue weighted by molar-refractivity contribution is 5.66. The Hall–Kier alpha value is -1.71. The van der Waals surface area contributed by atoms with Crippen LogP contribution in [0, 0.1) is 0 Å². The highest BCUT2D eigenvalue weighted by Gasteiger charge is 2.27. The molecule has 1 aliphatic rings. The normalized spacial score (nSPS) is 18.5. The fourth-order valence-electron chi connectivity index (χ4n) is 1.47. The molecule has 4 nitrogen and oxygen atoms in total. The van der Waals surface area contributed by atoms with Crippen molar-refractivity contribution in [3.63, 3.8) is 0 Å². The molecule has 0 saturated carbocycles. The van der Waals surface area contributed by atoms with Crippen molar-refractivity contribution >= 4 is 5.97 Å². The maximum atomic E-state index is 10.7. The predicted octanol–water partition coefficient (Wildman–Crippen LogP) is 1.22. The zero-order chi connectivity index (χ0) is 10.1. The van der Waals surface area contributed by atoms with Crippen molar-refractivity contribution in [2.45, 2.75) is 19.6 Å². The number of fused-ring (bicyclic) bond motifs is 1. The van der Waals surface area contributed by atoms with Gasteiger partial charge in [-0.05, 0) is 6.07 Å². The van der Waals surface area contributed by atoms with Crippen LogP contribution in [0.5, 0.6) is 11.5 Å². The first-order valence-corrected chi connectivity index (χ1v) is 4.31. The molecule has 1 aliphatic heterocycles. The van der Waals surface area contributed by atoms with Gasteiger partial charge in [0.25, 0.3) is 0 Å². The number of phenolic OH excluding ortho intramolecular Hbond substituents is 1. The molecule has 4 heteroatoms. The molecule has 2 rings (SSSR count). The number of hydrogen-bond acceptors (Lipinski definition) is 4. The molecule has 0 amide bonds. The first kappa shape index (κ1) is 8.87. The Bertz CT molecular complexity index is 372. The van der Waals surface area contributed by atoms with Gasteiger partial charge in [-0.3, -0.25) is 4.79 Å². The fraction of sp³-hybridized carbons (Fsp3) is 0.300. The average Bonchev–Trinajstić information content (AvgIpc) is 2.47. The van der Waals surface area contributed by atoms with E-state index in [1.165, 1.54) is 13.0 Å². The number of rotatable bonds is 1. The van der Waals surface area contributed by atoms with Crippen molar-refractivity contribution < 1.29 is 19.4 Å². The summed E-state index contributed by atoms with van der Waals surface area (Å²) in [7, 11) is 0. The molecule has 14 heavy (non-hydrogen) atoms. The van der Waals surface area contributed by atoms with Gasteiger partial charge in [0.05, 0.1) is 6.42 Å². The lowest BCUT2D eigenvalue weighted by atomic mass is 10.1. The number of hydrogen-bond donors (Lipinski definition) is 1. The molecule has 0 aromatic heterocycles. The van der Waals surface area contributed by atoms with Crippen LogP contribution in [-0.4, -0.2) is 17.4 Å². The SMILES string of the molecule is CC(=O)OC1Cc2cccc(O)c2O1. The van der Waals surface area contributed by atoms with E-state index < -0.39 is 6.29 Å². The van der Waals surface area contributed by atoms with E-state index in [2.05, 4.69) is 0 Å². The molecule has 1 unspecified atom stereocenters. The first-order valence-electron chi connectivity index (χ1n) is 4.31. The molecule has 1 heterocycles. The molecule has 1 N–H and O–H groups in total. The van der Waals surface area contributed by atoms with Gasteiger partial charge in [0, 0.05) is 12.5 Å². The summed E-state index contributed by atoms with van der Waals surface area (Å²) in [5.74, 6) is 0.109. The van der Waals surface area contributed by atoms with Gasteiger partial charge in [0.15, 0.2) is 11.5 Å². The van der Waals surface area contributed by atoms with E-state index in [0.29, 0.717) is 12.2 Å². The van der Waals surface area contributed by atoms with Gasteiger partial charge in [-0.15, -0.1) is 0 Å². The minimum Gasteiger partial charge on any atom is -0.504 e. The summed E-state index contributed by atoms with van der Waals surface area (Å²) in [6.07, 6.45) is -0.112. The highest BCUT2D eigenvalue weighted by Crippen LogP contribution is 2.36. The van der Waals surface area contributed by atoms with E-state index >= 15 is 0 Å². The number of ether oxygens (including phenoxy) is 2. The summed E-state index contributed by atoms with van der Waals surface area (Å²) in [6, 6.07) is 5.10. The summed E-state index contributed by atoms with van der Waals surface area (Å²) in [6.45, 7) is 1.33. The standard InChI is InChI=1S/C10H10O4/c1-6(11)13-9-5-7-3-2-4-8(12)10(7)14-9/h2-4,9,12H,5H2,1H3. The average molecular weight is 194 g/mol. The summed E-state index contributed by atoms with van der Waals surface area (Å²) < 4.78 is 10.1. The summed E-state index contributed by atoms with van der Waals surface area (Å²) in [4.78, 5) is 10.7. The van der Waals surface area contributed by atoms with Gasteiger partial charge in [0.2, 0.25) is 6.29 Å². The Morgan fingerprint density at radius 1 is 1.64 bits per heavy atom. The molecule has 0 aliphatic carbocycles. The quantitative estimate of drug-likeness (QED) is 0.683. The number of carbonyl (C=O) groups is 1. The lowest BCUT2D eigenvalue weighted by Crippen LogP contribution is -2.20. The molecule has 0 radical (unpaired) electrons. The Labute approximate surface area is 81.1 Å². The predicted molar refractivity (Wildman–Crippen MR) is 48.0 cm³/mol. The van der Waals surface area contributed by atoms with Crippen LogP contribution in [0.25, 0.3) is 0 Å². The number of para-hydroxylation sites is 1. The second-order valence-corrected chi connectivity index (χ2v) is 3.13. The van der Waals surface area contributed by atoms with Crippen LogP contribution in [0.1, 0.15) is 12.5 Å². The fourth-order valence-corrected chi connectivity index (χ4v) is 1.47. The molecule has 0 fully saturated rings. The second kappa shape index (κ2) is 3.21. The zero-order valence-corrected chi connectivity index (χ0v) is 7.69. The number of benzene rings is 1. The molecule has 74 valence electrons. The Morgan fingerprint density at radius 2 is 2.43 bits per heavy atom. The summed E-state index contributed by atoms with van der Waals surface area (Å²) in [5.41, 5.74) is 0.858. The van der Waals surface area contributed by atoms with Gasteiger partial charge in [-0.2, -0.15) is 0 Å². The Balaban J connectivity index is 2.18. The maximum Gasteiger partial charge on any atom is 0.305 e. The minimum atomic E-state index is -0.601. The molecule has 1 atom stereocenters. The third-order valence-corrected chi connectivity index (χ3v) is 2.01. The second-order valence-electron chi connectivity index (χ2n) is 3.13. The topological polar surface area (TPSA) is 55.8 Å². The highest BCUT2D eigenvalue weighted by atomic mass is 16.7.